The van der Waals surface area contributed by atoms with Crippen LogP contribution in [0.3, 0.4) is 0 Å². The van der Waals surface area contributed by atoms with Crippen LogP contribution >= 0.6 is 0 Å². The van der Waals surface area contributed by atoms with Crippen molar-refractivity contribution in [3.63, 3.8) is 0 Å². The molecule has 0 radical (unpaired) electrons. The molecular weight excluding hydrogens is 416 g/mol. The minimum Gasteiger partial charge on any atom is -0.496 e. The minimum atomic E-state index is -0.226. The maximum absolute atomic E-state index is 13.1. The Morgan fingerprint density at radius 2 is 2.15 bits per heavy atom. The molecule has 0 saturated carbocycles. The summed E-state index contributed by atoms with van der Waals surface area (Å²) in [5.41, 5.74) is 1.35. The second kappa shape index (κ2) is 10.8. The fourth-order valence-electron chi connectivity index (χ4n) is 4.44. The molecule has 1 aliphatic rings. The van der Waals surface area contributed by atoms with E-state index in [2.05, 4.69) is 47.6 Å². The third-order valence-electron chi connectivity index (χ3n) is 6.01. The van der Waals surface area contributed by atoms with E-state index in [0.29, 0.717) is 18.7 Å². The van der Waals surface area contributed by atoms with Gasteiger partial charge in [0.2, 0.25) is 5.91 Å². The molecule has 3 rings (SSSR count). The molecule has 33 heavy (non-hydrogen) atoms. The molecule has 178 valence electrons. The molecule has 1 saturated heterocycles. The molecule has 1 aromatic heterocycles. The van der Waals surface area contributed by atoms with Crippen LogP contribution in [0, 0.1) is 23.7 Å². The van der Waals surface area contributed by atoms with Gasteiger partial charge in [-0.15, -0.1) is 6.42 Å². The third-order valence-corrected chi connectivity index (χ3v) is 6.01. The maximum atomic E-state index is 13.1. The van der Waals surface area contributed by atoms with E-state index in [1.165, 1.54) is 0 Å². The molecule has 2 heterocycles. The number of hydrogen-bond donors (Lipinski definition) is 4. The van der Waals surface area contributed by atoms with Crippen LogP contribution in [-0.2, 0) is 4.79 Å². The molecule has 1 fully saturated rings. The van der Waals surface area contributed by atoms with E-state index in [9.17, 15) is 9.59 Å². The predicted molar refractivity (Wildman–Crippen MR) is 131 cm³/mol. The topological polar surface area (TPSA) is 95.2 Å². The average molecular weight is 453 g/mol. The van der Waals surface area contributed by atoms with Crippen molar-refractivity contribution in [2.75, 3.05) is 20.2 Å². The van der Waals surface area contributed by atoms with Crippen LogP contribution in [-0.4, -0.2) is 49.1 Å². The van der Waals surface area contributed by atoms with E-state index >= 15 is 0 Å². The van der Waals surface area contributed by atoms with Crippen molar-refractivity contribution in [2.45, 2.75) is 58.5 Å². The lowest BCUT2D eigenvalue weighted by Gasteiger charge is -2.29. The molecule has 0 aliphatic carbocycles. The number of aromatic nitrogens is 1. The monoisotopic (exact) mass is 452 g/mol. The lowest BCUT2D eigenvalue weighted by Crippen LogP contribution is -2.47. The molecular formula is C26H36N4O3. The summed E-state index contributed by atoms with van der Waals surface area (Å²) >= 11 is 0. The zero-order chi connectivity index (χ0) is 24.0. The highest BCUT2D eigenvalue weighted by molar-refractivity contribution is 5.99. The van der Waals surface area contributed by atoms with Crippen LogP contribution in [0.25, 0.3) is 10.9 Å². The molecule has 7 heteroatoms. The Morgan fingerprint density at radius 3 is 2.82 bits per heavy atom. The fraction of sp³-hybridized carbons (Fsp3) is 0.538. The molecule has 0 spiro atoms. The Kier molecular flexibility index (Phi) is 8.04. The number of rotatable bonds is 9. The summed E-state index contributed by atoms with van der Waals surface area (Å²) in [6.07, 6.45) is 8.97. The Labute approximate surface area is 196 Å². The molecule has 0 unspecified atom stereocenters. The number of carbonyl (C=O) groups is 2. The van der Waals surface area contributed by atoms with Gasteiger partial charge in [0.1, 0.15) is 11.4 Å². The third kappa shape index (κ3) is 6.75. The van der Waals surface area contributed by atoms with Crippen molar-refractivity contribution >= 4 is 22.7 Å². The van der Waals surface area contributed by atoms with Crippen LogP contribution in [0.2, 0.25) is 0 Å². The van der Waals surface area contributed by atoms with Crippen LogP contribution < -0.4 is 20.7 Å². The standard InChI is InChI=1S/C26H36N4O3/c1-6-18(13-17-9-8-12-27-24(17)31)28-16-19(15-26(2,3)4)29-25(32)22-14-20-21(30-22)10-7-11-23(20)33-5/h1,7,10-11,14,17-19,28,30H,8-9,12-13,15-16H2,2-5H3,(H,27,31)(H,29,32)/t17-,18+,19-/m0/s1. The summed E-state index contributed by atoms with van der Waals surface area (Å²) in [6.45, 7) is 7.69. The number of methoxy groups -OCH3 is 1. The average Bonchev–Trinajstić information content (AvgIpc) is 3.21. The number of nitrogens with one attached hydrogen (secondary N) is 4. The second-order valence-electron chi connectivity index (χ2n) is 10.0. The zero-order valence-corrected chi connectivity index (χ0v) is 20.1. The van der Waals surface area contributed by atoms with Crippen molar-refractivity contribution in [3.8, 4) is 18.1 Å². The maximum Gasteiger partial charge on any atom is 0.267 e. The summed E-state index contributed by atoms with van der Waals surface area (Å²) in [5.74, 6) is 3.34. The minimum absolute atomic E-state index is 0.0121. The van der Waals surface area contributed by atoms with Crippen molar-refractivity contribution in [1.82, 2.24) is 20.9 Å². The quantitative estimate of drug-likeness (QED) is 0.440. The van der Waals surface area contributed by atoms with Gasteiger partial charge in [0.25, 0.3) is 5.91 Å². The summed E-state index contributed by atoms with van der Waals surface area (Å²) in [6, 6.07) is 7.14. The number of aromatic amines is 1. The van der Waals surface area contributed by atoms with Gasteiger partial charge in [-0.1, -0.05) is 32.8 Å². The highest BCUT2D eigenvalue weighted by Gasteiger charge is 2.26. The first-order chi connectivity index (χ1) is 15.7. The van der Waals surface area contributed by atoms with E-state index < -0.39 is 0 Å². The van der Waals surface area contributed by atoms with Crippen molar-refractivity contribution in [1.29, 1.82) is 0 Å². The summed E-state index contributed by atoms with van der Waals surface area (Å²) in [5, 5.41) is 10.3. The van der Waals surface area contributed by atoms with Gasteiger partial charge >= 0.3 is 0 Å². The van der Waals surface area contributed by atoms with Gasteiger partial charge in [-0.25, -0.2) is 0 Å². The van der Waals surface area contributed by atoms with E-state index in [0.717, 1.165) is 42.5 Å². The number of amides is 2. The van der Waals surface area contributed by atoms with Gasteiger partial charge in [0.05, 0.1) is 13.2 Å². The van der Waals surface area contributed by atoms with E-state index in [4.69, 9.17) is 11.2 Å². The Morgan fingerprint density at radius 1 is 1.36 bits per heavy atom. The molecule has 4 N–H and O–H groups in total. The van der Waals surface area contributed by atoms with E-state index in [1.54, 1.807) is 7.11 Å². The van der Waals surface area contributed by atoms with Gasteiger partial charge in [-0.3, -0.25) is 9.59 Å². The van der Waals surface area contributed by atoms with Gasteiger partial charge in [0, 0.05) is 36.0 Å². The Bertz CT molecular complexity index is 1010. The van der Waals surface area contributed by atoms with Crippen LogP contribution in [0.1, 0.15) is 56.9 Å². The summed E-state index contributed by atoms with van der Waals surface area (Å²) < 4.78 is 5.41. The first-order valence-corrected chi connectivity index (χ1v) is 11.6. The van der Waals surface area contributed by atoms with Gasteiger partial charge < -0.3 is 25.7 Å². The van der Waals surface area contributed by atoms with Gasteiger partial charge in [0.15, 0.2) is 0 Å². The summed E-state index contributed by atoms with van der Waals surface area (Å²) in [7, 11) is 1.62. The number of carbonyl (C=O) groups excluding carboxylic acids is 2. The number of hydrogen-bond acceptors (Lipinski definition) is 4. The SMILES string of the molecule is C#C[C@H](C[C@@H]1CCCNC1=O)NC[C@H](CC(C)(C)C)NC(=O)c1cc2c(OC)cccc2[nH]1. The highest BCUT2D eigenvalue weighted by Crippen LogP contribution is 2.26. The molecule has 2 aromatic rings. The lowest BCUT2D eigenvalue weighted by atomic mass is 9.87. The zero-order valence-electron chi connectivity index (χ0n) is 20.1. The molecule has 2 amide bonds. The van der Waals surface area contributed by atoms with Crippen LogP contribution in [0.4, 0.5) is 0 Å². The highest BCUT2D eigenvalue weighted by atomic mass is 16.5. The van der Waals surface area contributed by atoms with Gasteiger partial charge in [-0.2, -0.15) is 0 Å². The Balaban J connectivity index is 1.67. The Hall–Kier alpha value is -2.98. The van der Waals surface area contributed by atoms with Crippen molar-refractivity contribution < 1.29 is 14.3 Å². The second-order valence-corrected chi connectivity index (χ2v) is 10.0. The number of piperidine rings is 1. The van der Waals surface area contributed by atoms with E-state index in [1.807, 2.05) is 24.3 Å². The van der Waals surface area contributed by atoms with Crippen molar-refractivity contribution in [2.24, 2.45) is 11.3 Å². The van der Waals surface area contributed by atoms with Crippen LogP contribution in [0.15, 0.2) is 24.3 Å². The first-order valence-electron chi connectivity index (χ1n) is 11.6. The lowest BCUT2D eigenvalue weighted by molar-refractivity contribution is -0.126. The normalized spacial score (nSPS) is 18.3. The molecule has 0 bridgehead atoms. The molecule has 3 atom stereocenters. The molecule has 1 aromatic carbocycles. The van der Waals surface area contributed by atoms with E-state index in [-0.39, 0.29) is 35.2 Å². The number of terminal acetylenes is 1. The number of H-pyrrole nitrogens is 1. The number of fused-ring (bicyclic) bond motifs is 1. The summed E-state index contributed by atoms with van der Waals surface area (Å²) in [4.78, 5) is 28.4. The molecule has 1 aliphatic heterocycles. The van der Waals surface area contributed by atoms with Crippen LogP contribution in [0.5, 0.6) is 5.75 Å². The van der Waals surface area contributed by atoms with Gasteiger partial charge in [-0.05, 0) is 49.3 Å². The van der Waals surface area contributed by atoms with Crippen molar-refractivity contribution in [3.05, 3.63) is 30.0 Å². The first kappa shape index (κ1) is 24.7. The largest absolute Gasteiger partial charge is 0.496 e. The molecule has 7 nitrogen and oxygen atoms in total. The predicted octanol–water partition coefficient (Wildman–Crippen LogP) is 3.22. The number of ether oxygens (including phenoxy) is 1. The fourth-order valence-corrected chi connectivity index (χ4v) is 4.44. The smallest absolute Gasteiger partial charge is 0.267 e. The number of benzene rings is 1.